The van der Waals surface area contributed by atoms with Crippen molar-refractivity contribution in [2.24, 2.45) is 0 Å². The minimum Gasteiger partial charge on any atom is -0.456 e. The molecule has 13 aromatic rings. The predicted octanol–water partition coefficient (Wildman–Crippen LogP) is 17.7. The van der Waals surface area contributed by atoms with Crippen LogP contribution in [0.15, 0.2) is 227 Å². The van der Waals surface area contributed by atoms with Gasteiger partial charge in [-0.1, -0.05) is 159 Å². The van der Waals surface area contributed by atoms with Crippen LogP contribution in [0.5, 0.6) is 0 Å². The molecule has 0 radical (unpaired) electrons. The van der Waals surface area contributed by atoms with Crippen LogP contribution < -0.4 is 4.90 Å². The van der Waals surface area contributed by atoms with Crippen molar-refractivity contribution in [3.63, 3.8) is 0 Å². The largest absolute Gasteiger partial charge is 0.456 e. The lowest BCUT2D eigenvalue weighted by atomic mass is 9.81. The zero-order valence-corrected chi connectivity index (χ0v) is 37.0. The highest BCUT2D eigenvalue weighted by atomic mass is 16.3. The van der Waals surface area contributed by atoms with Gasteiger partial charge in [0.2, 0.25) is 5.71 Å². The molecule has 316 valence electrons. The van der Waals surface area contributed by atoms with E-state index in [1.807, 2.05) is 0 Å². The summed E-state index contributed by atoms with van der Waals surface area (Å²) in [6.45, 7) is 4.73. The molecule has 0 aliphatic heterocycles. The van der Waals surface area contributed by atoms with Gasteiger partial charge in [-0.2, -0.15) is 0 Å². The van der Waals surface area contributed by atoms with Crippen molar-refractivity contribution in [1.82, 2.24) is 4.40 Å². The Kier molecular flexibility index (Phi) is 8.00. The van der Waals surface area contributed by atoms with Crippen molar-refractivity contribution < 1.29 is 8.83 Å². The molecule has 0 fully saturated rings. The maximum atomic E-state index is 6.82. The van der Waals surface area contributed by atoms with Gasteiger partial charge in [0.25, 0.3) is 0 Å². The molecule has 67 heavy (non-hydrogen) atoms. The Morgan fingerprint density at radius 3 is 1.82 bits per heavy atom. The maximum Gasteiger partial charge on any atom is 0.213 e. The number of nitrogens with zero attached hydrogens (tertiary/aromatic N) is 2. The summed E-state index contributed by atoms with van der Waals surface area (Å²) in [5, 5.41) is 5.87. The number of fused-ring (bicyclic) bond motifs is 13. The highest BCUT2D eigenvalue weighted by Gasteiger charge is 2.36. The van der Waals surface area contributed by atoms with Gasteiger partial charge < -0.3 is 13.7 Å². The lowest BCUT2D eigenvalue weighted by Gasteiger charge is -2.28. The fourth-order valence-corrected chi connectivity index (χ4v) is 11.1. The van der Waals surface area contributed by atoms with Gasteiger partial charge in [0.05, 0.1) is 16.6 Å². The van der Waals surface area contributed by atoms with Crippen LogP contribution in [-0.2, 0) is 5.41 Å². The summed E-state index contributed by atoms with van der Waals surface area (Å²) in [7, 11) is 0. The van der Waals surface area contributed by atoms with Crippen LogP contribution in [0, 0.1) is 0 Å². The zero-order valence-electron chi connectivity index (χ0n) is 37.0. The van der Waals surface area contributed by atoms with Crippen molar-refractivity contribution >= 4 is 77.5 Å². The van der Waals surface area contributed by atoms with Gasteiger partial charge in [0.15, 0.2) is 5.58 Å². The van der Waals surface area contributed by atoms with E-state index in [2.05, 4.69) is 242 Å². The molecule has 4 nitrogen and oxygen atoms in total. The smallest absolute Gasteiger partial charge is 0.213 e. The molecule has 0 atom stereocenters. The van der Waals surface area contributed by atoms with E-state index in [1.165, 1.54) is 55.1 Å². The minimum atomic E-state index is -0.266. The lowest BCUT2D eigenvalue weighted by molar-refractivity contribution is 0.658. The third-order valence-electron chi connectivity index (χ3n) is 14.4. The standard InChI is InChI=1S/C63H42N2O2/c1-63(2)53-35-43(44-24-33-56-59(36-44)67-62-60(42-16-7-4-8-17-42)51-19-11-12-20-55(51)65(56)62)23-30-49(53)50-31-28-46(37-54(50)63)64(45-26-21-40(22-27-45)39-13-5-3-6-14-39)47-29-32-52-58(38-47)66-57-34-25-41-15-9-10-18-48(41)61(52)57/h3-38H,1-2H3. The molecule has 0 spiro atoms. The van der Waals surface area contributed by atoms with Crippen molar-refractivity contribution in [3.05, 3.63) is 230 Å². The first-order chi connectivity index (χ1) is 33.0. The van der Waals surface area contributed by atoms with E-state index < -0.39 is 0 Å². The van der Waals surface area contributed by atoms with Gasteiger partial charge in [0.1, 0.15) is 11.2 Å². The van der Waals surface area contributed by atoms with E-state index in [4.69, 9.17) is 8.83 Å². The Hall–Kier alpha value is -8.60. The summed E-state index contributed by atoms with van der Waals surface area (Å²) in [5.74, 6) is 0. The van der Waals surface area contributed by atoms with Gasteiger partial charge in [-0.05, 0) is 128 Å². The average molecular weight is 859 g/mol. The Labute approximate surface area is 387 Å². The van der Waals surface area contributed by atoms with E-state index in [1.54, 1.807) is 0 Å². The molecule has 14 rings (SSSR count). The highest BCUT2D eigenvalue weighted by Crippen LogP contribution is 2.52. The molecule has 1 aliphatic rings. The third kappa shape index (κ3) is 5.66. The fraction of sp³-hybridized carbons (Fsp3) is 0.0476. The van der Waals surface area contributed by atoms with E-state index in [0.29, 0.717) is 0 Å². The Morgan fingerprint density at radius 2 is 1.00 bits per heavy atom. The first-order valence-electron chi connectivity index (χ1n) is 23.1. The summed E-state index contributed by atoms with van der Waals surface area (Å²) in [5.41, 5.74) is 20.8. The first-order valence-corrected chi connectivity index (χ1v) is 23.1. The number of furan rings is 1. The molecule has 3 heterocycles. The van der Waals surface area contributed by atoms with Gasteiger partial charge in [-0.15, -0.1) is 0 Å². The molecule has 0 saturated carbocycles. The molecule has 0 saturated heterocycles. The second-order valence-corrected chi connectivity index (χ2v) is 18.5. The molecule has 4 heteroatoms. The maximum absolute atomic E-state index is 6.82. The molecular weight excluding hydrogens is 817 g/mol. The number of rotatable bonds is 6. The number of hydrogen-bond donors (Lipinski definition) is 0. The number of para-hydroxylation sites is 1. The van der Waals surface area contributed by atoms with Crippen LogP contribution in [0.2, 0.25) is 0 Å². The summed E-state index contributed by atoms with van der Waals surface area (Å²) in [6.07, 6.45) is 0. The Bertz CT molecular complexity index is 4120. The number of anilines is 3. The number of benzene rings is 10. The number of oxazole rings is 1. The van der Waals surface area contributed by atoms with Crippen molar-refractivity contribution in [2.45, 2.75) is 19.3 Å². The molecule has 0 amide bonds. The quantitative estimate of drug-likeness (QED) is 0.167. The molecule has 0 bridgehead atoms. The van der Waals surface area contributed by atoms with Gasteiger partial charge >= 0.3 is 0 Å². The second-order valence-electron chi connectivity index (χ2n) is 18.5. The van der Waals surface area contributed by atoms with Crippen molar-refractivity contribution in [1.29, 1.82) is 0 Å². The minimum absolute atomic E-state index is 0.266. The highest BCUT2D eigenvalue weighted by molar-refractivity contribution is 6.19. The van der Waals surface area contributed by atoms with Crippen molar-refractivity contribution in [3.8, 4) is 44.5 Å². The van der Waals surface area contributed by atoms with Crippen LogP contribution in [0.4, 0.5) is 17.1 Å². The van der Waals surface area contributed by atoms with Gasteiger partial charge in [-0.25, -0.2) is 0 Å². The molecule has 1 aliphatic carbocycles. The van der Waals surface area contributed by atoms with Crippen LogP contribution in [0.25, 0.3) is 105 Å². The van der Waals surface area contributed by atoms with E-state index in [-0.39, 0.29) is 5.41 Å². The SMILES string of the molecule is CC1(C)c2cc(-c3ccc4c(c3)oc3c(-c5ccccc5)c5ccccc5n34)ccc2-c2ccc(N(c3ccc(-c4ccccc4)cc3)c3ccc4c(c3)oc3ccc5ccccc5c34)cc21. The van der Waals surface area contributed by atoms with Crippen molar-refractivity contribution in [2.75, 3.05) is 4.90 Å². The average Bonchev–Trinajstić information content (AvgIpc) is 4.10. The summed E-state index contributed by atoms with van der Waals surface area (Å²) < 4.78 is 15.7. The summed E-state index contributed by atoms with van der Waals surface area (Å²) >= 11 is 0. The molecule has 0 N–H and O–H groups in total. The predicted molar refractivity (Wildman–Crippen MR) is 278 cm³/mol. The number of aromatic nitrogens is 1. The molecule has 10 aromatic carbocycles. The summed E-state index contributed by atoms with van der Waals surface area (Å²) in [6, 6.07) is 78.8. The normalized spacial score (nSPS) is 13.0. The second kappa shape index (κ2) is 14.2. The van der Waals surface area contributed by atoms with Gasteiger partial charge in [0, 0.05) is 44.7 Å². The molecular formula is C63H42N2O2. The fourth-order valence-electron chi connectivity index (χ4n) is 11.1. The lowest BCUT2D eigenvalue weighted by Crippen LogP contribution is -2.16. The van der Waals surface area contributed by atoms with Crippen LogP contribution in [-0.4, -0.2) is 4.40 Å². The van der Waals surface area contributed by atoms with E-state index in [9.17, 15) is 0 Å². The third-order valence-corrected chi connectivity index (χ3v) is 14.4. The molecule has 3 aromatic heterocycles. The van der Waals surface area contributed by atoms with Gasteiger partial charge in [-0.3, -0.25) is 4.40 Å². The topological polar surface area (TPSA) is 33.9 Å². The molecule has 0 unspecified atom stereocenters. The first kappa shape index (κ1) is 37.7. The summed E-state index contributed by atoms with van der Waals surface area (Å²) in [4.78, 5) is 2.37. The van der Waals surface area contributed by atoms with Crippen LogP contribution in [0.3, 0.4) is 0 Å². The Balaban J connectivity index is 0.867. The van der Waals surface area contributed by atoms with Crippen LogP contribution >= 0.6 is 0 Å². The van der Waals surface area contributed by atoms with E-state index >= 15 is 0 Å². The number of hydrogen-bond acceptors (Lipinski definition) is 3. The van der Waals surface area contributed by atoms with E-state index in [0.717, 1.165) is 78.0 Å². The van der Waals surface area contributed by atoms with Crippen LogP contribution in [0.1, 0.15) is 25.0 Å². The Morgan fingerprint density at radius 1 is 0.388 bits per heavy atom. The monoisotopic (exact) mass is 858 g/mol. The zero-order chi connectivity index (χ0) is 44.4.